The number of rotatable bonds is 18. The quantitative estimate of drug-likeness (QED) is 0.0556. The standard InChI is InChI=1S/C31H43N3O7Si/c1-6-8-14-23(7-2)29(33-41-31(38)25-15-10-9-11-16-25)30(37)24-19-21-26(22-20-24)32-27(35)17-12-13-18-28(36)34-42(5,39-3)40-4/h9-11,15-16,19-23H,6-8,12-14,17-18H2,1-5H3,(H,32,35)(H,34,36)/b33-29+. The van der Waals surface area contributed by atoms with E-state index in [4.69, 9.17) is 13.7 Å². The Morgan fingerprint density at radius 1 is 0.833 bits per heavy atom. The zero-order chi connectivity index (χ0) is 31.0. The van der Waals surface area contributed by atoms with Crippen LogP contribution in [0.4, 0.5) is 5.69 Å². The van der Waals surface area contributed by atoms with Crippen LogP contribution >= 0.6 is 0 Å². The van der Waals surface area contributed by atoms with Crippen LogP contribution in [0.1, 0.15) is 85.9 Å². The Bertz CT molecular complexity index is 1200. The topological polar surface area (TPSA) is 132 Å². The predicted octanol–water partition coefficient (Wildman–Crippen LogP) is 5.78. The third kappa shape index (κ3) is 11.3. The Morgan fingerprint density at radius 2 is 1.45 bits per heavy atom. The highest BCUT2D eigenvalue weighted by atomic mass is 28.4. The summed E-state index contributed by atoms with van der Waals surface area (Å²) >= 11 is 0. The van der Waals surface area contributed by atoms with Gasteiger partial charge in [-0.1, -0.05) is 50.0 Å². The summed E-state index contributed by atoms with van der Waals surface area (Å²) in [6, 6.07) is 15.0. The van der Waals surface area contributed by atoms with E-state index in [0.717, 1.165) is 19.3 Å². The smallest absolute Gasteiger partial charge is 0.382 e. The lowest BCUT2D eigenvalue weighted by Crippen LogP contribution is -2.54. The highest BCUT2D eigenvalue weighted by Gasteiger charge is 2.31. The molecule has 2 N–H and O–H groups in total. The first-order valence-electron chi connectivity index (χ1n) is 14.4. The van der Waals surface area contributed by atoms with E-state index in [-0.39, 0.29) is 42.1 Å². The van der Waals surface area contributed by atoms with E-state index < -0.39 is 14.7 Å². The molecule has 0 aliphatic rings. The van der Waals surface area contributed by atoms with Crippen molar-refractivity contribution >= 4 is 43.7 Å². The predicted molar refractivity (Wildman–Crippen MR) is 164 cm³/mol. The number of carbonyl (C=O) groups is 4. The van der Waals surface area contributed by atoms with Crippen molar-refractivity contribution in [3.63, 3.8) is 0 Å². The Kier molecular flexibility index (Phi) is 14.8. The SMILES string of the molecule is CCCCC(CC)/C(=N\OC(=O)c1ccccc1)C(=O)c1ccc(NC(=O)CCCCC(=O)N[Si](C)(OC)OC)cc1. The molecule has 0 heterocycles. The van der Waals surface area contributed by atoms with Gasteiger partial charge in [0.1, 0.15) is 5.71 Å². The average molecular weight is 598 g/mol. The largest absolute Gasteiger partial charge is 0.455 e. The summed E-state index contributed by atoms with van der Waals surface area (Å²) in [6.45, 7) is 5.79. The average Bonchev–Trinajstić information content (AvgIpc) is 3.01. The van der Waals surface area contributed by atoms with E-state index in [1.54, 1.807) is 61.1 Å². The summed E-state index contributed by atoms with van der Waals surface area (Å²) < 4.78 is 10.5. The van der Waals surface area contributed by atoms with Crippen molar-refractivity contribution in [2.75, 3.05) is 19.5 Å². The number of anilines is 1. The van der Waals surface area contributed by atoms with Gasteiger partial charge in [-0.05, 0) is 68.6 Å². The fourth-order valence-corrected chi connectivity index (χ4v) is 5.15. The summed E-state index contributed by atoms with van der Waals surface area (Å²) in [6.07, 6.45) is 4.88. The molecule has 0 saturated carbocycles. The van der Waals surface area contributed by atoms with Gasteiger partial charge in [0, 0.05) is 44.2 Å². The third-order valence-electron chi connectivity index (χ3n) is 6.89. The molecule has 42 heavy (non-hydrogen) atoms. The summed E-state index contributed by atoms with van der Waals surface area (Å²) in [4.78, 5) is 58.5. The number of carbonyl (C=O) groups excluding carboxylic acids is 4. The lowest BCUT2D eigenvalue weighted by molar-refractivity contribution is -0.121. The van der Waals surface area contributed by atoms with Crippen LogP contribution in [0.5, 0.6) is 0 Å². The third-order valence-corrected chi connectivity index (χ3v) is 9.18. The molecule has 0 radical (unpaired) electrons. The van der Waals surface area contributed by atoms with Gasteiger partial charge in [0.2, 0.25) is 17.6 Å². The number of hydrogen-bond acceptors (Lipinski definition) is 8. The molecule has 0 fully saturated rings. The van der Waals surface area contributed by atoms with Gasteiger partial charge >= 0.3 is 14.7 Å². The van der Waals surface area contributed by atoms with Crippen LogP contribution in [0.3, 0.4) is 0 Å². The number of hydrogen-bond donors (Lipinski definition) is 2. The van der Waals surface area contributed by atoms with Gasteiger partial charge < -0.3 is 24.0 Å². The van der Waals surface area contributed by atoms with Gasteiger partial charge in [-0.15, -0.1) is 0 Å². The Morgan fingerprint density at radius 3 is 2.02 bits per heavy atom. The van der Waals surface area contributed by atoms with Crippen molar-refractivity contribution in [1.29, 1.82) is 0 Å². The van der Waals surface area contributed by atoms with Gasteiger partial charge in [0.25, 0.3) is 0 Å². The van der Waals surface area contributed by atoms with E-state index in [2.05, 4.69) is 22.4 Å². The molecule has 0 aliphatic carbocycles. The van der Waals surface area contributed by atoms with Crippen LogP contribution in [0.2, 0.25) is 6.55 Å². The molecule has 11 heteroatoms. The Balaban J connectivity index is 1.99. The second-order valence-corrected chi connectivity index (χ2v) is 13.0. The minimum Gasteiger partial charge on any atom is -0.382 e. The van der Waals surface area contributed by atoms with E-state index in [0.29, 0.717) is 36.1 Å². The molecule has 10 nitrogen and oxygen atoms in total. The normalized spacial score (nSPS) is 12.4. The Hall–Kier alpha value is -3.67. The zero-order valence-corrected chi connectivity index (χ0v) is 26.2. The van der Waals surface area contributed by atoms with Gasteiger partial charge in [-0.3, -0.25) is 14.4 Å². The molecule has 2 rings (SSSR count). The Labute approximate surface area is 249 Å². The fourth-order valence-electron chi connectivity index (χ4n) is 4.15. The second-order valence-electron chi connectivity index (χ2n) is 10.0. The minimum absolute atomic E-state index is 0.164. The van der Waals surface area contributed by atoms with E-state index in [1.165, 1.54) is 14.2 Å². The van der Waals surface area contributed by atoms with Gasteiger partial charge in [0.05, 0.1) is 5.56 Å². The molecule has 0 bridgehead atoms. The van der Waals surface area contributed by atoms with Crippen molar-refractivity contribution in [2.45, 2.75) is 71.8 Å². The molecular weight excluding hydrogens is 554 g/mol. The molecule has 0 spiro atoms. The second kappa shape index (κ2) is 18.0. The van der Waals surface area contributed by atoms with Crippen molar-refractivity contribution in [1.82, 2.24) is 4.98 Å². The molecule has 1 unspecified atom stereocenters. The summed E-state index contributed by atoms with van der Waals surface area (Å²) in [7, 11) is 0.305. The summed E-state index contributed by atoms with van der Waals surface area (Å²) in [5.74, 6) is -1.48. The van der Waals surface area contributed by atoms with Crippen LogP contribution in [0.25, 0.3) is 0 Å². The monoisotopic (exact) mass is 597 g/mol. The van der Waals surface area contributed by atoms with Crippen molar-refractivity contribution in [3.8, 4) is 0 Å². The molecule has 228 valence electrons. The maximum atomic E-state index is 13.5. The summed E-state index contributed by atoms with van der Waals surface area (Å²) in [5, 5.41) is 6.88. The first-order valence-corrected chi connectivity index (χ1v) is 16.7. The summed E-state index contributed by atoms with van der Waals surface area (Å²) in [5.41, 5.74) is 1.48. The van der Waals surface area contributed by atoms with E-state index in [1.807, 2.05) is 6.92 Å². The van der Waals surface area contributed by atoms with Crippen LogP contribution < -0.4 is 10.3 Å². The number of oxime groups is 1. The zero-order valence-electron chi connectivity index (χ0n) is 25.2. The number of unbranched alkanes of at least 4 members (excludes halogenated alkanes) is 2. The lowest BCUT2D eigenvalue weighted by atomic mass is 9.89. The highest BCUT2D eigenvalue weighted by Crippen LogP contribution is 2.20. The van der Waals surface area contributed by atoms with Crippen LogP contribution in [-0.4, -0.2) is 52.2 Å². The fraction of sp³-hybridized carbons (Fsp3) is 0.452. The van der Waals surface area contributed by atoms with Crippen molar-refractivity contribution in [3.05, 3.63) is 65.7 Å². The minimum atomic E-state index is -2.68. The van der Waals surface area contributed by atoms with Crippen LogP contribution in [-0.2, 0) is 23.3 Å². The number of nitrogens with one attached hydrogen (secondary N) is 2. The van der Waals surface area contributed by atoms with Gasteiger partial charge in [0.15, 0.2) is 0 Å². The molecule has 2 aromatic rings. The van der Waals surface area contributed by atoms with Gasteiger partial charge in [-0.2, -0.15) is 0 Å². The van der Waals surface area contributed by atoms with E-state index in [9.17, 15) is 19.2 Å². The highest BCUT2D eigenvalue weighted by molar-refractivity contribution is 6.65. The maximum Gasteiger partial charge on any atom is 0.455 e. The molecule has 2 amide bonds. The number of amides is 2. The molecule has 0 aliphatic heterocycles. The number of Topliss-reactive ketones (excluding diaryl/α,β-unsaturated/α-hetero) is 1. The maximum absolute atomic E-state index is 13.5. The molecule has 1 atom stereocenters. The lowest BCUT2D eigenvalue weighted by Gasteiger charge is -2.22. The molecule has 0 aromatic heterocycles. The van der Waals surface area contributed by atoms with Crippen molar-refractivity contribution < 1.29 is 32.9 Å². The number of benzene rings is 2. The molecule has 0 saturated heterocycles. The van der Waals surface area contributed by atoms with Gasteiger partial charge in [-0.25, -0.2) is 4.79 Å². The van der Waals surface area contributed by atoms with E-state index >= 15 is 0 Å². The molecular formula is C31H43N3O7Si. The number of nitrogens with zero attached hydrogens (tertiary/aromatic N) is 1. The van der Waals surface area contributed by atoms with Crippen LogP contribution in [0, 0.1) is 5.92 Å². The number of ketones is 1. The first kappa shape index (κ1) is 34.5. The van der Waals surface area contributed by atoms with Crippen molar-refractivity contribution in [2.24, 2.45) is 11.1 Å². The molecule has 2 aromatic carbocycles. The van der Waals surface area contributed by atoms with Crippen LogP contribution in [0.15, 0.2) is 59.8 Å². The first-order chi connectivity index (χ1) is 20.2.